The van der Waals surface area contributed by atoms with Crippen LogP contribution in [0.3, 0.4) is 0 Å². The highest BCUT2D eigenvalue weighted by Crippen LogP contribution is 2.32. The van der Waals surface area contributed by atoms with Gasteiger partial charge in [-0.2, -0.15) is 0 Å². The first kappa shape index (κ1) is 11.6. The monoisotopic (exact) mass is 253 g/mol. The summed E-state index contributed by atoms with van der Waals surface area (Å²) >= 11 is 5.39. The normalized spacial score (nSPS) is 13.9. The van der Waals surface area contributed by atoms with E-state index in [1.54, 1.807) is 6.07 Å². The third-order valence-corrected chi connectivity index (χ3v) is 2.68. The summed E-state index contributed by atoms with van der Waals surface area (Å²) in [4.78, 5) is 35.5. The maximum absolute atomic E-state index is 11.7. The summed E-state index contributed by atoms with van der Waals surface area (Å²) in [5, 5.41) is 0. The largest absolute Gasteiger partial charge is 0.497 e. The molecule has 1 aromatic rings. The van der Waals surface area contributed by atoms with E-state index in [0.29, 0.717) is 5.75 Å². The number of rotatable bonds is 2. The molecular formula is C11H8ClNO4. The number of carbonyl (C=O) groups excluding carboxylic acids is 3. The maximum atomic E-state index is 11.7. The van der Waals surface area contributed by atoms with E-state index in [1.165, 1.54) is 19.2 Å². The van der Waals surface area contributed by atoms with Gasteiger partial charge in [-0.15, -0.1) is 11.6 Å². The van der Waals surface area contributed by atoms with Gasteiger partial charge in [0.05, 0.1) is 18.4 Å². The van der Waals surface area contributed by atoms with Crippen molar-refractivity contribution in [1.82, 2.24) is 0 Å². The Labute approximate surface area is 102 Å². The second-order valence-corrected chi connectivity index (χ2v) is 3.65. The molecular weight excluding hydrogens is 246 g/mol. The van der Waals surface area contributed by atoms with Crippen molar-refractivity contribution >= 4 is 34.9 Å². The third-order valence-electron chi connectivity index (χ3n) is 2.45. The number of halogens is 1. The predicted molar refractivity (Wildman–Crippen MR) is 60.5 cm³/mol. The lowest BCUT2D eigenvalue weighted by Crippen LogP contribution is -2.36. The number of imide groups is 1. The lowest BCUT2D eigenvalue weighted by molar-refractivity contribution is -0.122. The summed E-state index contributed by atoms with van der Waals surface area (Å²) in [6.07, 6.45) is 0. The summed E-state index contributed by atoms with van der Waals surface area (Å²) in [6, 6.07) is 4.48. The first-order chi connectivity index (χ1) is 8.10. The Morgan fingerprint density at radius 3 is 2.71 bits per heavy atom. The molecule has 17 heavy (non-hydrogen) atoms. The minimum Gasteiger partial charge on any atom is -0.497 e. The van der Waals surface area contributed by atoms with E-state index in [4.69, 9.17) is 16.3 Å². The minimum absolute atomic E-state index is 0.160. The molecule has 5 nitrogen and oxygen atoms in total. The van der Waals surface area contributed by atoms with E-state index < -0.39 is 17.6 Å². The highest BCUT2D eigenvalue weighted by Gasteiger charge is 2.39. The average Bonchev–Trinajstić information content (AvgIpc) is 2.61. The summed E-state index contributed by atoms with van der Waals surface area (Å²) in [6.45, 7) is 0. The van der Waals surface area contributed by atoms with Gasteiger partial charge in [0.25, 0.3) is 5.78 Å². The number of ether oxygens (including phenoxy) is 1. The quantitative estimate of drug-likeness (QED) is 0.582. The molecule has 2 rings (SSSR count). The van der Waals surface area contributed by atoms with E-state index in [0.717, 1.165) is 4.90 Å². The molecule has 1 aliphatic heterocycles. The highest BCUT2D eigenvalue weighted by atomic mass is 35.5. The fraction of sp³-hybridized carbons (Fsp3) is 0.182. The molecule has 0 fully saturated rings. The van der Waals surface area contributed by atoms with Gasteiger partial charge >= 0.3 is 5.91 Å². The lowest BCUT2D eigenvalue weighted by atomic mass is 10.1. The van der Waals surface area contributed by atoms with Gasteiger partial charge in [0.2, 0.25) is 5.91 Å². The zero-order chi connectivity index (χ0) is 12.6. The molecule has 0 atom stereocenters. The number of fused-ring (bicyclic) bond motifs is 1. The van der Waals surface area contributed by atoms with E-state index in [9.17, 15) is 14.4 Å². The topological polar surface area (TPSA) is 63.7 Å². The molecule has 1 aromatic carbocycles. The number of hydrogen-bond donors (Lipinski definition) is 0. The van der Waals surface area contributed by atoms with Crippen LogP contribution < -0.4 is 9.64 Å². The molecule has 1 heterocycles. The number of Topliss-reactive ketones (excluding diaryl/α,β-unsaturated/α-hetero) is 1. The van der Waals surface area contributed by atoms with Crippen LogP contribution in [0.4, 0.5) is 5.69 Å². The zero-order valence-electron chi connectivity index (χ0n) is 8.90. The molecule has 6 heteroatoms. The standard InChI is InChI=1S/C11H8ClNO4/c1-17-6-2-3-8-7(4-6)10(15)11(16)13(8)9(14)5-12/h2-4H,5H2,1H3. The van der Waals surface area contributed by atoms with Crippen LogP contribution in [0.25, 0.3) is 0 Å². The van der Waals surface area contributed by atoms with Crippen molar-refractivity contribution in [3.8, 4) is 5.75 Å². The Kier molecular flexibility index (Phi) is 2.85. The second kappa shape index (κ2) is 4.18. The first-order valence-electron chi connectivity index (χ1n) is 4.75. The van der Waals surface area contributed by atoms with Crippen LogP contribution in [0.15, 0.2) is 18.2 Å². The molecule has 2 amide bonds. The van der Waals surface area contributed by atoms with Gasteiger partial charge in [-0.25, -0.2) is 4.90 Å². The predicted octanol–water partition coefficient (Wildman–Crippen LogP) is 0.990. The average molecular weight is 254 g/mol. The Morgan fingerprint density at radius 1 is 1.41 bits per heavy atom. The minimum atomic E-state index is -0.876. The molecule has 0 aromatic heterocycles. The number of hydrogen-bond acceptors (Lipinski definition) is 4. The van der Waals surface area contributed by atoms with Crippen LogP contribution >= 0.6 is 11.6 Å². The number of nitrogens with zero attached hydrogens (tertiary/aromatic N) is 1. The molecule has 0 unspecified atom stereocenters. The zero-order valence-corrected chi connectivity index (χ0v) is 9.65. The SMILES string of the molecule is COc1ccc2c(c1)C(=O)C(=O)N2C(=O)CCl. The molecule has 0 radical (unpaired) electrons. The summed E-state index contributed by atoms with van der Waals surface area (Å²) in [7, 11) is 1.45. The second-order valence-electron chi connectivity index (χ2n) is 3.38. The Balaban J connectivity index is 2.55. The van der Waals surface area contributed by atoms with Crippen LogP contribution in [0, 0.1) is 0 Å². The van der Waals surface area contributed by atoms with Crippen molar-refractivity contribution in [3.05, 3.63) is 23.8 Å². The van der Waals surface area contributed by atoms with Crippen molar-refractivity contribution in [2.24, 2.45) is 0 Å². The Hall–Kier alpha value is -1.88. The van der Waals surface area contributed by atoms with Gasteiger partial charge in [-0.3, -0.25) is 14.4 Å². The van der Waals surface area contributed by atoms with Gasteiger partial charge in [-0.05, 0) is 18.2 Å². The van der Waals surface area contributed by atoms with E-state index in [1.807, 2.05) is 0 Å². The smallest absolute Gasteiger partial charge is 0.306 e. The summed E-state index contributed by atoms with van der Waals surface area (Å²) in [5.41, 5.74) is 0.416. The fourth-order valence-corrected chi connectivity index (χ4v) is 1.77. The Bertz CT molecular complexity index is 526. The number of methoxy groups -OCH3 is 1. The van der Waals surface area contributed by atoms with Crippen molar-refractivity contribution in [2.45, 2.75) is 0 Å². The third kappa shape index (κ3) is 1.68. The fourth-order valence-electron chi connectivity index (χ4n) is 1.65. The summed E-state index contributed by atoms with van der Waals surface area (Å²) in [5.74, 6) is -2.12. The first-order valence-corrected chi connectivity index (χ1v) is 5.29. The summed E-state index contributed by atoms with van der Waals surface area (Å²) < 4.78 is 4.95. The molecule has 0 bridgehead atoms. The van der Waals surface area contributed by atoms with Gasteiger partial charge < -0.3 is 4.74 Å². The number of carbonyl (C=O) groups is 3. The van der Waals surface area contributed by atoms with E-state index >= 15 is 0 Å². The van der Waals surface area contributed by atoms with E-state index in [2.05, 4.69) is 0 Å². The molecule has 1 aliphatic rings. The molecule has 0 saturated carbocycles. The number of benzene rings is 1. The molecule has 0 spiro atoms. The molecule has 0 aliphatic carbocycles. The Morgan fingerprint density at radius 2 is 2.12 bits per heavy atom. The molecule has 0 saturated heterocycles. The van der Waals surface area contributed by atoms with Crippen molar-refractivity contribution in [1.29, 1.82) is 0 Å². The van der Waals surface area contributed by atoms with Crippen molar-refractivity contribution in [3.63, 3.8) is 0 Å². The van der Waals surface area contributed by atoms with Crippen LogP contribution in [0.1, 0.15) is 10.4 Å². The van der Waals surface area contributed by atoms with Crippen LogP contribution in [0.2, 0.25) is 0 Å². The van der Waals surface area contributed by atoms with Gasteiger partial charge in [0.1, 0.15) is 11.6 Å². The number of ketones is 1. The maximum Gasteiger partial charge on any atom is 0.306 e. The highest BCUT2D eigenvalue weighted by molar-refractivity contribution is 6.57. The van der Waals surface area contributed by atoms with Crippen LogP contribution in [-0.2, 0) is 9.59 Å². The lowest BCUT2D eigenvalue weighted by Gasteiger charge is -2.12. The van der Waals surface area contributed by atoms with Gasteiger partial charge in [-0.1, -0.05) is 0 Å². The number of alkyl halides is 1. The number of anilines is 1. The van der Waals surface area contributed by atoms with Crippen molar-refractivity contribution in [2.75, 3.05) is 17.9 Å². The van der Waals surface area contributed by atoms with Gasteiger partial charge in [0, 0.05) is 0 Å². The van der Waals surface area contributed by atoms with Crippen LogP contribution in [-0.4, -0.2) is 30.6 Å². The number of amides is 2. The molecule has 0 N–H and O–H groups in total. The van der Waals surface area contributed by atoms with E-state index in [-0.39, 0.29) is 17.1 Å². The molecule has 88 valence electrons. The van der Waals surface area contributed by atoms with Crippen LogP contribution in [0.5, 0.6) is 5.75 Å². The van der Waals surface area contributed by atoms with Gasteiger partial charge in [0.15, 0.2) is 0 Å². The van der Waals surface area contributed by atoms with Crippen molar-refractivity contribution < 1.29 is 19.1 Å².